The molecule has 39 heavy (non-hydrogen) atoms. The number of rotatable bonds is 10. The van der Waals surface area contributed by atoms with E-state index >= 15 is 0 Å². The molecule has 0 saturated carbocycles. The van der Waals surface area contributed by atoms with Gasteiger partial charge in [-0.3, -0.25) is 14.5 Å². The predicted molar refractivity (Wildman–Crippen MR) is 149 cm³/mol. The fourth-order valence-corrected chi connectivity index (χ4v) is 6.43. The lowest BCUT2D eigenvalue weighted by atomic mass is 9.66. The zero-order chi connectivity index (χ0) is 28.1. The molecule has 2 aromatic rings. The number of piperidine rings is 1. The van der Waals surface area contributed by atoms with E-state index in [2.05, 4.69) is 9.80 Å². The number of nitrogens with zero attached hydrogens (tertiary/aromatic N) is 3. The van der Waals surface area contributed by atoms with Crippen LogP contribution in [0.15, 0.2) is 42.5 Å². The highest BCUT2D eigenvalue weighted by Gasteiger charge is 2.51. The average molecular weight is 540 g/mol. The summed E-state index contributed by atoms with van der Waals surface area (Å²) in [5.41, 5.74) is 1.42. The SMILES string of the molecule is Cc1c(F)cccc1[C@H]1[C@H](C(=O)N2CCCC2)[C@@H](CO)N(CCCCN(C)C)C[C@@H]1C(=O)c1cccc(O)c1. The first-order valence-electron chi connectivity index (χ1n) is 14.1. The summed E-state index contributed by atoms with van der Waals surface area (Å²) < 4.78 is 14.9. The molecule has 2 fully saturated rings. The number of carbonyl (C=O) groups excluding carboxylic acids is 2. The minimum absolute atomic E-state index is 0.00591. The number of hydrogen-bond acceptors (Lipinski definition) is 6. The summed E-state index contributed by atoms with van der Waals surface area (Å²) >= 11 is 0. The standard InChI is InChI=1S/C31H42FN3O4/c1-21-24(12-9-13-26(21)32)28-25(30(38)22-10-8-11-23(37)18-22)19-35(17-5-4-14-33(2)3)27(20-36)29(28)31(39)34-15-6-7-16-34/h8-13,18,25,27-29,36-37H,4-7,14-17,19-20H2,1-3H3/t25-,27+,28+,29+/m0/s1. The lowest BCUT2D eigenvalue weighted by molar-refractivity contribution is -0.142. The second kappa shape index (κ2) is 13.0. The largest absolute Gasteiger partial charge is 0.508 e. The third-order valence-electron chi connectivity index (χ3n) is 8.46. The number of halogens is 1. The monoisotopic (exact) mass is 539 g/mol. The lowest BCUT2D eigenvalue weighted by Crippen LogP contribution is -2.60. The van der Waals surface area contributed by atoms with Gasteiger partial charge >= 0.3 is 0 Å². The number of phenolic OH excluding ortho intramolecular Hbond substituents is 1. The first-order valence-corrected chi connectivity index (χ1v) is 14.1. The summed E-state index contributed by atoms with van der Waals surface area (Å²) in [5, 5.41) is 20.8. The molecule has 0 spiro atoms. The first kappa shape index (κ1) is 29.2. The molecule has 8 heteroatoms. The van der Waals surface area contributed by atoms with Gasteiger partial charge in [-0.2, -0.15) is 0 Å². The van der Waals surface area contributed by atoms with Gasteiger partial charge in [-0.05, 0) is 89.1 Å². The minimum atomic E-state index is -0.706. The van der Waals surface area contributed by atoms with Crippen molar-refractivity contribution in [3.05, 3.63) is 65.0 Å². The first-order chi connectivity index (χ1) is 18.7. The van der Waals surface area contributed by atoms with Crippen LogP contribution in [0.1, 0.15) is 53.1 Å². The van der Waals surface area contributed by atoms with E-state index in [0.29, 0.717) is 42.9 Å². The molecule has 7 nitrogen and oxygen atoms in total. The number of unbranched alkanes of at least 4 members (excludes halogenated alkanes) is 1. The van der Waals surface area contributed by atoms with Crippen LogP contribution in [-0.2, 0) is 4.79 Å². The van der Waals surface area contributed by atoms with E-state index in [1.54, 1.807) is 25.1 Å². The molecule has 2 N–H and O–H groups in total. The topological polar surface area (TPSA) is 84.3 Å². The van der Waals surface area contributed by atoms with Crippen molar-refractivity contribution in [2.45, 2.75) is 44.6 Å². The van der Waals surface area contributed by atoms with Gasteiger partial charge in [-0.25, -0.2) is 4.39 Å². The maximum absolute atomic E-state index is 14.9. The maximum Gasteiger partial charge on any atom is 0.228 e. The van der Waals surface area contributed by atoms with Gasteiger partial charge in [-0.15, -0.1) is 0 Å². The zero-order valence-electron chi connectivity index (χ0n) is 23.4. The number of ketones is 1. The van der Waals surface area contributed by atoms with Gasteiger partial charge in [0.15, 0.2) is 5.78 Å². The number of aliphatic hydroxyl groups is 1. The zero-order valence-corrected chi connectivity index (χ0v) is 23.4. The van der Waals surface area contributed by atoms with Crippen molar-refractivity contribution >= 4 is 11.7 Å². The second-order valence-electron chi connectivity index (χ2n) is 11.3. The summed E-state index contributed by atoms with van der Waals surface area (Å²) in [7, 11) is 4.05. The maximum atomic E-state index is 14.9. The third-order valence-corrected chi connectivity index (χ3v) is 8.46. The Kier molecular flexibility index (Phi) is 9.75. The van der Waals surface area contributed by atoms with Gasteiger partial charge in [0.2, 0.25) is 5.91 Å². The van der Waals surface area contributed by atoms with E-state index in [1.165, 1.54) is 18.2 Å². The molecule has 2 aliphatic rings. The van der Waals surface area contributed by atoms with Gasteiger partial charge in [0, 0.05) is 43.1 Å². The number of aliphatic hydroxyl groups excluding tert-OH is 1. The van der Waals surface area contributed by atoms with Crippen molar-refractivity contribution in [3.8, 4) is 5.75 Å². The van der Waals surface area contributed by atoms with Gasteiger partial charge in [-0.1, -0.05) is 24.3 Å². The van der Waals surface area contributed by atoms with Crippen LogP contribution in [-0.4, -0.2) is 96.1 Å². The summed E-state index contributed by atoms with van der Waals surface area (Å²) in [4.78, 5) is 34.4. The molecule has 2 saturated heterocycles. The third kappa shape index (κ3) is 6.51. The van der Waals surface area contributed by atoms with Crippen LogP contribution in [0.25, 0.3) is 0 Å². The molecule has 2 aliphatic heterocycles. The highest BCUT2D eigenvalue weighted by Crippen LogP contribution is 2.45. The number of aromatic hydroxyl groups is 1. The van der Waals surface area contributed by atoms with Gasteiger partial charge < -0.3 is 20.0 Å². The normalized spacial score (nSPS) is 23.9. The van der Waals surface area contributed by atoms with Crippen LogP contribution >= 0.6 is 0 Å². The molecule has 0 bridgehead atoms. The van der Waals surface area contributed by atoms with Crippen LogP contribution < -0.4 is 0 Å². The van der Waals surface area contributed by atoms with E-state index in [0.717, 1.165) is 32.2 Å². The van der Waals surface area contributed by atoms with Gasteiger partial charge in [0.05, 0.1) is 12.5 Å². The summed E-state index contributed by atoms with van der Waals surface area (Å²) in [5.74, 6) is -2.62. The molecule has 1 amide bonds. The Morgan fingerprint density at radius 3 is 2.46 bits per heavy atom. The lowest BCUT2D eigenvalue weighted by Gasteiger charge is -2.49. The fourth-order valence-electron chi connectivity index (χ4n) is 6.43. The van der Waals surface area contributed by atoms with E-state index in [-0.39, 0.29) is 29.9 Å². The molecule has 0 radical (unpaired) electrons. The van der Waals surface area contributed by atoms with Crippen molar-refractivity contribution < 1.29 is 24.2 Å². The molecule has 212 valence electrons. The second-order valence-corrected chi connectivity index (χ2v) is 11.3. The Morgan fingerprint density at radius 1 is 1.08 bits per heavy atom. The predicted octanol–water partition coefficient (Wildman–Crippen LogP) is 3.68. The Balaban J connectivity index is 1.81. The van der Waals surface area contributed by atoms with Crippen molar-refractivity contribution in [2.24, 2.45) is 11.8 Å². The van der Waals surface area contributed by atoms with Crippen molar-refractivity contribution in [1.82, 2.24) is 14.7 Å². The van der Waals surface area contributed by atoms with E-state index < -0.39 is 23.8 Å². The van der Waals surface area contributed by atoms with Crippen LogP contribution in [0, 0.1) is 24.6 Å². The molecule has 4 atom stereocenters. The van der Waals surface area contributed by atoms with Crippen LogP contribution in [0.4, 0.5) is 4.39 Å². The Hall–Kier alpha value is -2.81. The quantitative estimate of drug-likeness (QED) is 0.354. The summed E-state index contributed by atoms with van der Waals surface area (Å²) in [6.07, 6.45) is 3.65. The van der Waals surface area contributed by atoms with Crippen LogP contribution in [0.3, 0.4) is 0 Å². The summed E-state index contributed by atoms with van der Waals surface area (Å²) in [6, 6.07) is 10.6. The molecule has 4 rings (SSSR count). The van der Waals surface area contributed by atoms with Crippen molar-refractivity contribution in [2.75, 3.05) is 53.4 Å². The molecule has 0 aromatic heterocycles. The van der Waals surface area contributed by atoms with Crippen molar-refractivity contribution in [1.29, 1.82) is 0 Å². The highest BCUT2D eigenvalue weighted by atomic mass is 19.1. The fraction of sp³-hybridized carbons (Fsp3) is 0.548. The van der Waals surface area contributed by atoms with Crippen LogP contribution in [0.2, 0.25) is 0 Å². The Labute approximate surface area is 231 Å². The minimum Gasteiger partial charge on any atom is -0.508 e. The number of phenols is 1. The van der Waals surface area contributed by atoms with Gasteiger partial charge in [0.25, 0.3) is 0 Å². The van der Waals surface area contributed by atoms with Crippen LogP contribution in [0.5, 0.6) is 5.75 Å². The number of benzene rings is 2. The molecule has 0 unspecified atom stereocenters. The highest BCUT2D eigenvalue weighted by molar-refractivity contribution is 5.99. The molecule has 2 aromatic carbocycles. The number of hydrogen-bond donors (Lipinski definition) is 2. The Morgan fingerprint density at radius 2 is 1.79 bits per heavy atom. The Bertz CT molecular complexity index is 1150. The smallest absolute Gasteiger partial charge is 0.228 e. The van der Waals surface area contributed by atoms with E-state index in [4.69, 9.17) is 0 Å². The molecular weight excluding hydrogens is 497 g/mol. The molecular formula is C31H42FN3O4. The molecule has 2 heterocycles. The van der Waals surface area contributed by atoms with Gasteiger partial charge in [0.1, 0.15) is 11.6 Å². The number of amides is 1. The number of carbonyl (C=O) groups is 2. The number of Topliss-reactive ketones (excluding diaryl/α,β-unsaturated/α-hetero) is 1. The van der Waals surface area contributed by atoms with E-state index in [1.807, 2.05) is 25.1 Å². The van der Waals surface area contributed by atoms with E-state index in [9.17, 15) is 24.2 Å². The summed E-state index contributed by atoms with van der Waals surface area (Å²) in [6.45, 7) is 4.67. The molecule has 0 aliphatic carbocycles. The van der Waals surface area contributed by atoms with Crippen molar-refractivity contribution in [3.63, 3.8) is 0 Å². The average Bonchev–Trinajstić information content (AvgIpc) is 3.46. The number of likely N-dealkylation sites (tertiary alicyclic amines) is 2.